The summed E-state index contributed by atoms with van der Waals surface area (Å²) >= 11 is 0. The fraction of sp³-hybridized carbons (Fsp3) is 0.333. The van der Waals surface area contributed by atoms with Crippen molar-refractivity contribution in [2.45, 2.75) is 19.8 Å². The minimum Gasteiger partial charge on any atom is -0.340 e. The number of carbonyl (C=O) groups is 2. The number of rotatable bonds is 4. The number of nitrogens with zero attached hydrogens (tertiary/aromatic N) is 3. The van der Waals surface area contributed by atoms with E-state index in [1.54, 1.807) is 36.7 Å². The zero-order valence-corrected chi connectivity index (χ0v) is 14.1. The van der Waals surface area contributed by atoms with Crippen molar-refractivity contribution in [3.8, 4) is 0 Å². The molecule has 0 saturated carbocycles. The summed E-state index contributed by atoms with van der Waals surface area (Å²) in [6.45, 7) is 2.90. The van der Waals surface area contributed by atoms with E-state index < -0.39 is 0 Å². The molecule has 2 aromatic rings. The van der Waals surface area contributed by atoms with Crippen molar-refractivity contribution in [1.29, 1.82) is 0 Å². The highest BCUT2D eigenvalue weighted by Gasteiger charge is 2.27. The Labute approximate surface area is 146 Å². The average Bonchev–Trinajstić information content (AvgIpc) is 2.62. The van der Waals surface area contributed by atoms with Gasteiger partial charge in [-0.3, -0.25) is 9.59 Å². The molecule has 3 rings (SSSR count). The summed E-state index contributed by atoms with van der Waals surface area (Å²) in [6.07, 6.45) is 5.17. The summed E-state index contributed by atoms with van der Waals surface area (Å²) in [5.41, 5.74) is 1.33. The van der Waals surface area contributed by atoms with Gasteiger partial charge in [0.15, 0.2) is 0 Å². The summed E-state index contributed by atoms with van der Waals surface area (Å²) in [4.78, 5) is 34.3. The van der Waals surface area contributed by atoms with Crippen LogP contribution in [0.4, 0.5) is 17.3 Å². The van der Waals surface area contributed by atoms with Crippen LogP contribution in [0.5, 0.6) is 0 Å². The number of piperidine rings is 1. The number of anilines is 3. The number of benzene rings is 1. The van der Waals surface area contributed by atoms with Gasteiger partial charge in [-0.2, -0.15) is 0 Å². The molecule has 1 saturated heterocycles. The molecule has 0 spiro atoms. The van der Waals surface area contributed by atoms with E-state index in [1.165, 1.54) is 6.92 Å². The molecule has 0 radical (unpaired) electrons. The normalized spacial score (nSPS) is 17.0. The third kappa shape index (κ3) is 4.53. The van der Waals surface area contributed by atoms with Crippen LogP contribution in [-0.2, 0) is 9.59 Å². The number of hydrogen-bond acceptors (Lipinski definition) is 5. The molecule has 1 fully saturated rings. The minimum atomic E-state index is -0.144. The van der Waals surface area contributed by atoms with E-state index in [2.05, 4.69) is 20.6 Å². The number of hydrogen-bond donors (Lipinski definition) is 2. The summed E-state index contributed by atoms with van der Waals surface area (Å²) in [7, 11) is 0. The third-order valence-electron chi connectivity index (χ3n) is 4.08. The zero-order valence-electron chi connectivity index (χ0n) is 14.1. The van der Waals surface area contributed by atoms with Crippen molar-refractivity contribution in [3.05, 3.63) is 42.7 Å². The van der Waals surface area contributed by atoms with E-state index in [9.17, 15) is 9.59 Å². The van der Waals surface area contributed by atoms with Crippen LogP contribution in [0.2, 0.25) is 0 Å². The Morgan fingerprint density at radius 3 is 2.56 bits per heavy atom. The molecule has 130 valence electrons. The lowest BCUT2D eigenvalue weighted by molar-refractivity contribution is -0.120. The largest absolute Gasteiger partial charge is 0.340 e. The highest BCUT2D eigenvalue weighted by Crippen LogP contribution is 2.22. The Kier molecular flexibility index (Phi) is 5.23. The van der Waals surface area contributed by atoms with E-state index in [0.717, 1.165) is 19.4 Å². The van der Waals surface area contributed by atoms with Crippen molar-refractivity contribution in [1.82, 2.24) is 9.97 Å². The molecule has 2 heterocycles. The van der Waals surface area contributed by atoms with Gasteiger partial charge in [0.05, 0.1) is 5.92 Å². The number of carbonyl (C=O) groups excluding carboxylic acids is 2. The second-order valence-electron chi connectivity index (χ2n) is 6.09. The van der Waals surface area contributed by atoms with Crippen LogP contribution >= 0.6 is 0 Å². The van der Waals surface area contributed by atoms with Gasteiger partial charge in [-0.15, -0.1) is 0 Å². The van der Waals surface area contributed by atoms with E-state index in [-0.39, 0.29) is 17.7 Å². The van der Waals surface area contributed by atoms with Gasteiger partial charge in [-0.1, -0.05) is 6.07 Å². The van der Waals surface area contributed by atoms with Gasteiger partial charge in [0.1, 0.15) is 0 Å². The van der Waals surface area contributed by atoms with Crippen molar-refractivity contribution in [3.63, 3.8) is 0 Å². The van der Waals surface area contributed by atoms with Crippen molar-refractivity contribution < 1.29 is 9.59 Å². The van der Waals surface area contributed by atoms with E-state index >= 15 is 0 Å². The molecule has 0 bridgehead atoms. The molecular formula is C18H21N5O2. The first-order valence-electron chi connectivity index (χ1n) is 8.32. The minimum absolute atomic E-state index is 0.0272. The lowest BCUT2D eigenvalue weighted by Crippen LogP contribution is -2.41. The van der Waals surface area contributed by atoms with Gasteiger partial charge < -0.3 is 15.5 Å². The zero-order chi connectivity index (χ0) is 17.6. The second-order valence-corrected chi connectivity index (χ2v) is 6.09. The lowest BCUT2D eigenvalue weighted by atomic mass is 9.97. The SMILES string of the molecule is CC(=O)Nc1cccc(NC(=O)C2CCCN(c3ncccn3)C2)c1. The molecule has 7 nitrogen and oxygen atoms in total. The molecule has 1 aromatic carbocycles. The lowest BCUT2D eigenvalue weighted by Gasteiger charge is -2.31. The molecule has 1 aliphatic heterocycles. The van der Waals surface area contributed by atoms with Crippen molar-refractivity contribution in [2.24, 2.45) is 5.92 Å². The first-order valence-corrected chi connectivity index (χ1v) is 8.32. The van der Waals surface area contributed by atoms with Gasteiger partial charge in [-0.05, 0) is 37.1 Å². The average molecular weight is 339 g/mol. The van der Waals surface area contributed by atoms with Crippen LogP contribution in [0, 0.1) is 5.92 Å². The summed E-state index contributed by atoms with van der Waals surface area (Å²) in [5.74, 6) is 0.365. The van der Waals surface area contributed by atoms with Gasteiger partial charge in [-0.25, -0.2) is 9.97 Å². The van der Waals surface area contributed by atoms with Gasteiger partial charge in [0.25, 0.3) is 0 Å². The maximum absolute atomic E-state index is 12.6. The molecule has 1 aliphatic rings. The van der Waals surface area contributed by atoms with E-state index in [1.807, 2.05) is 11.0 Å². The standard InChI is InChI=1S/C18H21N5O2/c1-13(24)21-15-6-2-7-16(11-15)22-17(25)14-5-3-10-23(12-14)18-19-8-4-9-20-18/h2,4,6-9,11,14H,3,5,10,12H2,1H3,(H,21,24)(H,22,25). The molecule has 7 heteroatoms. The number of aromatic nitrogens is 2. The summed E-state index contributed by atoms with van der Waals surface area (Å²) < 4.78 is 0. The monoisotopic (exact) mass is 339 g/mol. The maximum Gasteiger partial charge on any atom is 0.229 e. The Morgan fingerprint density at radius 1 is 1.12 bits per heavy atom. The predicted octanol–water partition coefficient (Wildman–Crippen LogP) is 2.29. The molecule has 1 aromatic heterocycles. The van der Waals surface area contributed by atoms with Gasteiger partial charge >= 0.3 is 0 Å². The highest BCUT2D eigenvalue weighted by atomic mass is 16.2. The van der Waals surface area contributed by atoms with E-state index in [0.29, 0.717) is 23.9 Å². The van der Waals surface area contributed by atoms with Crippen LogP contribution in [0.15, 0.2) is 42.7 Å². The summed E-state index contributed by atoms with van der Waals surface area (Å²) in [5, 5.41) is 5.65. The Balaban J connectivity index is 1.64. The van der Waals surface area contributed by atoms with Crippen LogP contribution in [0.25, 0.3) is 0 Å². The van der Waals surface area contributed by atoms with Gasteiger partial charge in [0.2, 0.25) is 17.8 Å². The molecule has 0 aliphatic carbocycles. The van der Waals surface area contributed by atoms with Crippen LogP contribution in [-0.4, -0.2) is 34.9 Å². The first-order chi connectivity index (χ1) is 12.1. The Morgan fingerprint density at radius 2 is 1.84 bits per heavy atom. The smallest absolute Gasteiger partial charge is 0.229 e. The molecular weight excluding hydrogens is 318 g/mol. The fourth-order valence-electron chi connectivity index (χ4n) is 2.95. The number of amides is 2. The molecule has 1 atom stereocenters. The highest BCUT2D eigenvalue weighted by molar-refractivity contribution is 5.94. The Bertz CT molecular complexity index is 750. The van der Waals surface area contributed by atoms with Crippen LogP contribution in [0.1, 0.15) is 19.8 Å². The first kappa shape index (κ1) is 16.9. The molecule has 2 amide bonds. The summed E-state index contributed by atoms with van der Waals surface area (Å²) in [6, 6.07) is 8.92. The van der Waals surface area contributed by atoms with Crippen molar-refractivity contribution in [2.75, 3.05) is 28.6 Å². The molecule has 25 heavy (non-hydrogen) atoms. The molecule has 1 unspecified atom stereocenters. The quantitative estimate of drug-likeness (QED) is 0.892. The number of nitrogens with one attached hydrogen (secondary N) is 2. The topological polar surface area (TPSA) is 87.2 Å². The van der Waals surface area contributed by atoms with Gasteiger partial charge in [0, 0.05) is 43.8 Å². The third-order valence-corrected chi connectivity index (χ3v) is 4.08. The Hall–Kier alpha value is -2.96. The maximum atomic E-state index is 12.6. The predicted molar refractivity (Wildman–Crippen MR) is 96.3 cm³/mol. The van der Waals surface area contributed by atoms with Crippen molar-refractivity contribution >= 4 is 29.1 Å². The fourth-order valence-corrected chi connectivity index (χ4v) is 2.95. The van der Waals surface area contributed by atoms with Crippen LogP contribution in [0.3, 0.4) is 0 Å². The second kappa shape index (κ2) is 7.74. The van der Waals surface area contributed by atoms with Crippen LogP contribution < -0.4 is 15.5 Å². The molecule has 2 N–H and O–H groups in total. The van der Waals surface area contributed by atoms with E-state index in [4.69, 9.17) is 0 Å².